The van der Waals surface area contributed by atoms with E-state index in [1.54, 1.807) is 30.3 Å². The molecule has 4 rings (SSSR count). The lowest BCUT2D eigenvalue weighted by molar-refractivity contribution is -0.143. The van der Waals surface area contributed by atoms with Gasteiger partial charge in [-0.15, -0.1) is 0 Å². The van der Waals surface area contributed by atoms with Gasteiger partial charge in [-0.25, -0.2) is 4.79 Å². The minimum Gasteiger partial charge on any atom is -0.480 e. The molecule has 190 valence electrons. The van der Waals surface area contributed by atoms with Gasteiger partial charge in [0.25, 0.3) is 11.5 Å². The van der Waals surface area contributed by atoms with E-state index < -0.39 is 35.4 Å². The number of benzene rings is 2. The number of nitrogens with one attached hydrogen (secondary N) is 3. The molecule has 1 aliphatic rings. The molecule has 1 fully saturated rings. The number of anilines is 1. The molecule has 0 saturated carbocycles. The van der Waals surface area contributed by atoms with Crippen LogP contribution in [0, 0.1) is 0 Å². The molecule has 0 spiro atoms. The van der Waals surface area contributed by atoms with E-state index in [0.29, 0.717) is 17.7 Å². The molecule has 37 heavy (non-hydrogen) atoms. The third-order valence-corrected chi connectivity index (χ3v) is 6.16. The van der Waals surface area contributed by atoms with E-state index in [2.05, 4.69) is 15.6 Å². The first-order valence-electron chi connectivity index (χ1n) is 11.8. The molecular formula is C27H26N4O6. The number of amides is 3. The zero-order valence-corrected chi connectivity index (χ0v) is 19.8. The number of hydrogen-bond donors (Lipinski definition) is 4. The van der Waals surface area contributed by atoms with E-state index in [4.69, 9.17) is 0 Å². The fourth-order valence-electron chi connectivity index (χ4n) is 4.21. The Balaban J connectivity index is 1.38. The number of carbonyl (C=O) groups excluding carboxylic acids is 3. The summed E-state index contributed by atoms with van der Waals surface area (Å²) in [5.41, 5.74) is 1.38. The number of carboxylic acids is 1. The van der Waals surface area contributed by atoms with Gasteiger partial charge in [0.1, 0.15) is 17.6 Å². The summed E-state index contributed by atoms with van der Waals surface area (Å²) in [4.78, 5) is 65.3. The summed E-state index contributed by atoms with van der Waals surface area (Å²) in [7, 11) is 0. The second-order valence-corrected chi connectivity index (χ2v) is 8.73. The van der Waals surface area contributed by atoms with Crippen molar-refractivity contribution < 1.29 is 24.3 Å². The van der Waals surface area contributed by atoms with Gasteiger partial charge in [-0.2, -0.15) is 0 Å². The van der Waals surface area contributed by atoms with Crippen molar-refractivity contribution in [3.8, 4) is 0 Å². The van der Waals surface area contributed by atoms with Crippen molar-refractivity contribution in [3.63, 3.8) is 0 Å². The van der Waals surface area contributed by atoms with Crippen LogP contribution in [0.5, 0.6) is 0 Å². The molecule has 10 heteroatoms. The van der Waals surface area contributed by atoms with Gasteiger partial charge in [0.05, 0.1) is 0 Å². The van der Waals surface area contributed by atoms with Crippen molar-refractivity contribution in [2.45, 2.75) is 37.9 Å². The lowest BCUT2D eigenvalue weighted by Gasteiger charge is -2.26. The first-order valence-corrected chi connectivity index (χ1v) is 11.8. The van der Waals surface area contributed by atoms with Crippen molar-refractivity contribution in [1.82, 2.24) is 15.2 Å². The van der Waals surface area contributed by atoms with E-state index in [9.17, 15) is 29.1 Å². The molecule has 3 amide bonds. The van der Waals surface area contributed by atoms with Gasteiger partial charge in [-0.1, -0.05) is 42.5 Å². The summed E-state index contributed by atoms with van der Waals surface area (Å²) in [5, 5.41) is 14.9. The highest BCUT2D eigenvalue weighted by Crippen LogP contribution is 2.22. The van der Waals surface area contributed by atoms with E-state index in [1.807, 2.05) is 30.3 Å². The van der Waals surface area contributed by atoms with Crippen molar-refractivity contribution in [3.05, 3.63) is 100.0 Å². The van der Waals surface area contributed by atoms with Gasteiger partial charge in [0, 0.05) is 31.3 Å². The molecule has 1 aliphatic heterocycles. The third-order valence-electron chi connectivity index (χ3n) is 6.16. The quantitative estimate of drug-likeness (QED) is 0.351. The maximum atomic E-state index is 13.0. The summed E-state index contributed by atoms with van der Waals surface area (Å²) in [5.74, 6) is -2.43. The summed E-state index contributed by atoms with van der Waals surface area (Å²) < 4.78 is 0. The number of carbonyl (C=O) groups is 4. The fraction of sp³-hybridized carbons (Fsp3) is 0.222. The van der Waals surface area contributed by atoms with Crippen molar-refractivity contribution in [1.29, 1.82) is 0 Å². The average molecular weight is 503 g/mol. The summed E-state index contributed by atoms with van der Waals surface area (Å²) in [6.07, 6.45) is 1.98. The number of likely N-dealkylation sites (tertiary alicyclic amines) is 1. The average Bonchev–Trinajstić information content (AvgIpc) is 3.25. The maximum absolute atomic E-state index is 13.0. The Labute approximate surface area is 212 Å². The number of H-pyrrole nitrogens is 1. The van der Waals surface area contributed by atoms with Gasteiger partial charge in [-0.3, -0.25) is 19.2 Å². The highest BCUT2D eigenvalue weighted by molar-refractivity contribution is 6.04. The van der Waals surface area contributed by atoms with Gasteiger partial charge >= 0.3 is 5.97 Å². The van der Waals surface area contributed by atoms with Crippen LogP contribution >= 0.6 is 0 Å². The Kier molecular flexibility index (Phi) is 7.77. The van der Waals surface area contributed by atoms with Crippen LogP contribution in [0.1, 0.15) is 34.3 Å². The number of aromatic nitrogens is 1. The first-order chi connectivity index (χ1) is 17.8. The standard InChI is InChI=1S/C27H26N4O6/c32-23-13-12-22(31(23)16-18-5-2-1-3-6-18)26(35)30-21(27(36)37)15-17-8-10-19(11-9-17)29-25(34)20-7-4-14-28-24(20)33/h1-11,14,21-22H,12-13,15-16H2,(H,28,33)(H,29,34)(H,30,35)(H,36,37)/t21-,22-/m0/s1. The first kappa shape index (κ1) is 25.4. The Morgan fingerprint density at radius 2 is 1.70 bits per heavy atom. The molecule has 0 bridgehead atoms. The molecule has 1 aromatic heterocycles. The van der Waals surface area contributed by atoms with Crippen molar-refractivity contribution >= 4 is 29.4 Å². The molecule has 1 saturated heterocycles. The fourth-order valence-corrected chi connectivity index (χ4v) is 4.21. The number of aromatic amines is 1. The number of hydrogen-bond acceptors (Lipinski definition) is 5. The van der Waals surface area contributed by atoms with Crippen LogP contribution in [0.15, 0.2) is 77.7 Å². The lowest BCUT2D eigenvalue weighted by atomic mass is 10.0. The van der Waals surface area contributed by atoms with Crippen LogP contribution in [0.4, 0.5) is 5.69 Å². The number of rotatable bonds is 9. The van der Waals surface area contributed by atoms with Crippen LogP contribution in [0.25, 0.3) is 0 Å². The van der Waals surface area contributed by atoms with Crippen LogP contribution in [-0.4, -0.2) is 50.8 Å². The Morgan fingerprint density at radius 3 is 2.38 bits per heavy atom. The summed E-state index contributed by atoms with van der Waals surface area (Å²) >= 11 is 0. The SMILES string of the molecule is O=C(Nc1ccc(C[C@H](NC(=O)[C@@H]2CCC(=O)N2Cc2ccccc2)C(=O)O)cc1)c1ccc[nH]c1=O. The van der Waals surface area contributed by atoms with Gasteiger partial charge in [0.15, 0.2) is 0 Å². The zero-order valence-electron chi connectivity index (χ0n) is 19.8. The minimum atomic E-state index is -1.20. The lowest BCUT2D eigenvalue weighted by Crippen LogP contribution is -2.50. The molecule has 2 heterocycles. The predicted molar refractivity (Wildman–Crippen MR) is 135 cm³/mol. The van der Waals surface area contributed by atoms with E-state index in [0.717, 1.165) is 5.56 Å². The molecule has 3 aromatic rings. The number of carboxylic acid groups (broad SMARTS) is 1. The third kappa shape index (κ3) is 6.29. The normalized spacial score (nSPS) is 15.7. The second-order valence-electron chi connectivity index (χ2n) is 8.73. The monoisotopic (exact) mass is 502 g/mol. The smallest absolute Gasteiger partial charge is 0.326 e. The topological polar surface area (TPSA) is 149 Å². The largest absolute Gasteiger partial charge is 0.480 e. The molecule has 0 aliphatic carbocycles. The molecule has 2 aromatic carbocycles. The van der Waals surface area contributed by atoms with Crippen molar-refractivity contribution in [2.24, 2.45) is 0 Å². The van der Waals surface area contributed by atoms with Gasteiger partial charge in [0.2, 0.25) is 11.8 Å². The van der Waals surface area contributed by atoms with Crippen LogP contribution in [0.3, 0.4) is 0 Å². The number of aliphatic carboxylic acids is 1. The van der Waals surface area contributed by atoms with Crippen LogP contribution in [-0.2, 0) is 27.3 Å². The van der Waals surface area contributed by atoms with Gasteiger partial charge in [-0.05, 0) is 41.8 Å². The highest BCUT2D eigenvalue weighted by Gasteiger charge is 2.37. The second kappa shape index (κ2) is 11.3. The molecule has 0 unspecified atom stereocenters. The summed E-state index contributed by atoms with van der Waals surface area (Å²) in [6.45, 7) is 0.275. The van der Waals surface area contributed by atoms with Gasteiger partial charge < -0.3 is 25.6 Å². The number of nitrogens with zero attached hydrogens (tertiary/aromatic N) is 1. The van der Waals surface area contributed by atoms with Crippen LogP contribution in [0.2, 0.25) is 0 Å². The molecule has 2 atom stereocenters. The zero-order chi connectivity index (χ0) is 26.4. The van der Waals surface area contributed by atoms with Crippen LogP contribution < -0.4 is 16.2 Å². The predicted octanol–water partition coefficient (Wildman–Crippen LogP) is 1.93. The number of pyridine rings is 1. The molecule has 0 radical (unpaired) electrons. The van der Waals surface area contributed by atoms with E-state index in [-0.39, 0.29) is 30.9 Å². The highest BCUT2D eigenvalue weighted by atomic mass is 16.4. The molecule has 10 nitrogen and oxygen atoms in total. The van der Waals surface area contributed by atoms with Crippen molar-refractivity contribution in [2.75, 3.05) is 5.32 Å². The molecule has 4 N–H and O–H groups in total. The minimum absolute atomic E-state index is 0.00695. The Morgan fingerprint density at radius 1 is 0.973 bits per heavy atom. The Hall–Kier alpha value is -4.73. The maximum Gasteiger partial charge on any atom is 0.326 e. The van der Waals surface area contributed by atoms with E-state index >= 15 is 0 Å². The Bertz CT molecular complexity index is 1350. The summed E-state index contributed by atoms with van der Waals surface area (Å²) in [6, 6.07) is 16.7. The molecular weight excluding hydrogens is 476 g/mol. The van der Waals surface area contributed by atoms with E-state index in [1.165, 1.54) is 17.2 Å².